The van der Waals surface area contributed by atoms with Gasteiger partial charge in [-0.1, -0.05) is 24.3 Å². The van der Waals surface area contributed by atoms with Gasteiger partial charge in [-0.15, -0.1) is 5.10 Å². The first-order chi connectivity index (χ1) is 13.1. The molecule has 5 nitrogen and oxygen atoms in total. The molecule has 2 heterocycles. The monoisotopic (exact) mass is 467 g/mol. The minimum Gasteiger partial charge on any atom is -0.318 e. The minimum atomic E-state index is 0.649. The molecule has 0 radical (unpaired) electrons. The number of anilines is 1. The average Bonchev–Trinajstić information content (AvgIpc) is 2.96. The maximum atomic E-state index is 4.39. The summed E-state index contributed by atoms with van der Waals surface area (Å²) in [5.41, 5.74) is 7.55. The Bertz CT molecular complexity index is 1120. The molecule has 0 aliphatic heterocycles. The summed E-state index contributed by atoms with van der Waals surface area (Å²) >= 11 is 2.32. The fourth-order valence-electron chi connectivity index (χ4n) is 3.18. The Kier molecular flexibility index (Phi) is 4.89. The van der Waals surface area contributed by atoms with Gasteiger partial charge < -0.3 is 4.57 Å². The lowest BCUT2D eigenvalue weighted by Gasteiger charge is -2.09. The molecule has 4 aromatic rings. The molecule has 0 amide bonds. The molecule has 2 aromatic heterocycles. The molecular weight excluding hydrogens is 449 g/mol. The summed E-state index contributed by atoms with van der Waals surface area (Å²) in [6, 6.07) is 18.6. The van der Waals surface area contributed by atoms with E-state index in [-0.39, 0.29) is 0 Å². The standard InChI is InChI=1S/C21H18IN5/c1-14-11-17(15(2)27(14)19-9-7-18(22)8-10-19)13-24-26-21-20-6-4-3-5-16(20)12-23-25-21/h3-13H,1-2H3,(H,25,26)/b24-13-. The number of aromatic nitrogens is 3. The molecule has 4 rings (SSSR count). The zero-order valence-corrected chi connectivity index (χ0v) is 17.2. The van der Waals surface area contributed by atoms with Crippen molar-refractivity contribution < 1.29 is 0 Å². The van der Waals surface area contributed by atoms with E-state index in [1.165, 1.54) is 9.26 Å². The van der Waals surface area contributed by atoms with Crippen molar-refractivity contribution in [3.8, 4) is 5.69 Å². The van der Waals surface area contributed by atoms with Crippen LogP contribution in [0.5, 0.6) is 0 Å². The number of fused-ring (bicyclic) bond motifs is 1. The first-order valence-corrected chi connectivity index (χ1v) is 9.66. The maximum Gasteiger partial charge on any atom is 0.176 e. The summed E-state index contributed by atoms with van der Waals surface area (Å²) in [6.07, 6.45) is 3.58. The van der Waals surface area contributed by atoms with Crippen LogP contribution in [0.15, 0.2) is 65.9 Å². The Hall–Kier alpha value is -2.74. The van der Waals surface area contributed by atoms with Crippen molar-refractivity contribution in [2.45, 2.75) is 13.8 Å². The van der Waals surface area contributed by atoms with Crippen LogP contribution in [0.25, 0.3) is 16.5 Å². The molecule has 0 saturated heterocycles. The number of nitrogens with zero attached hydrogens (tertiary/aromatic N) is 4. The van der Waals surface area contributed by atoms with Crippen LogP contribution in [-0.4, -0.2) is 21.0 Å². The number of rotatable bonds is 4. The average molecular weight is 467 g/mol. The van der Waals surface area contributed by atoms with Crippen molar-refractivity contribution in [1.82, 2.24) is 14.8 Å². The largest absolute Gasteiger partial charge is 0.318 e. The number of hydrogen-bond acceptors (Lipinski definition) is 4. The molecule has 0 unspecified atom stereocenters. The molecule has 0 bridgehead atoms. The van der Waals surface area contributed by atoms with E-state index in [9.17, 15) is 0 Å². The van der Waals surface area contributed by atoms with E-state index < -0.39 is 0 Å². The first-order valence-electron chi connectivity index (χ1n) is 8.58. The van der Waals surface area contributed by atoms with E-state index in [1.54, 1.807) is 6.20 Å². The van der Waals surface area contributed by atoms with Gasteiger partial charge in [-0.3, -0.25) is 5.43 Å². The smallest absolute Gasteiger partial charge is 0.176 e. The van der Waals surface area contributed by atoms with Crippen molar-refractivity contribution in [3.63, 3.8) is 0 Å². The van der Waals surface area contributed by atoms with Gasteiger partial charge >= 0.3 is 0 Å². The van der Waals surface area contributed by atoms with Gasteiger partial charge in [0.1, 0.15) is 0 Å². The van der Waals surface area contributed by atoms with Crippen LogP contribution >= 0.6 is 22.6 Å². The highest BCUT2D eigenvalue weighted by Gasteiger charge is 2.09. The number of hydrazone groups is 1. The van der Waals surface area contributed by atoms with Gasteiger partial charge in [0.05, 0.1) is 12.4 Å². The molecule has 6 heteroatoms. The van der Waals surface area contributed by atoms with Crippen LogP contribution in [-0.2, 0) is 0 Å². The van der Waals surface area contributed by atoms with Gasteiger partial charge in [0.2, 0.25) is 0 Å². The van der Waals surface area contributed by atoms with Crippen LogP contribution in [0, 0.1) is 17.4 Å². The third-order valence-corrected chi connectivity index (χ3v) is 5.22. The Balaban J connectivity index is 1.61. The first kappa shape index (κ1) is 17.7. The lowest BCUT2D eigenvalue weighted by atomic mass is 10.2. The molecule has 0 spiro atoms. The molecule has 134 valence electrons. The number of aryl methyl sites for hydroxylation is 1. The summed E-state index contributed by atoms with van der Waals surface area (Å²) in [5, 5.41) is 14.6. The lowest BCUT2D eigenvalue weighted by Crippen LogP contribution is -2.00. The van der Waals surface area contributed by atoms with Crippen LogP contribution in [0.1, 0.15) is 17.0 Å². The van der Waals surface area contributed by atoms with Crippen LogP contribution in [0.2, 0.25) is 0 Å². The van der Waals surface area contributed by atoms with Crippen molar-refractivity contribution >= 4 is 45.4 Å². The molecule has 1 N–H and O–H groups in total. The highest BCUT2D eigenvalue weighted by molar-refractivity contribution is 14.1. The number of benzene rings is 2. The van der Waals surface area contributed by atoms with Crippen LogP contribution in [0.4, 0.5) is 5.82 Å². The zero-order chi connectivity index (χ0) is 18.8. The van der Waals surface area contributed by atoms with Gasteiger partial charge in [0.15, 0.2) is 5.82 Å². The second-order valence-corrected chi connectivity index (χ2v) is 7.53. The second kappa shape index (κ2) is 7.48. The SMILES string of the molecule is Cc1cc(/C=N\Nc2nncc3ccccc23)c(C)n1-c1ccc(I)cc1. The fourth-order valence-corrected chi connectivity index (χ4v) is 3.54. The summed E-state index contributed by atoms with van der Waals surface area (Å²) in [7, 11) is 0. The highest BCUT2D eigenvalue weighted by atomic mass is 127. The quantitative estimate of drug-likeness (QED) is 0.259. The van der Waals surface area contributed by atoms with Gasteiger partial charge in [-0.25, -0.2) is 0 Å². The zero-order valence-electron chi connectivity index (χ0n) is 15.0. The van der Waals surface area contributed by atoms with Crippen molar-refractivity contribution in [1.29, 1.82) is 0 Å². The third-order valence-electron chi connectivity index (χ3n) is 4.50. The molecule has 0 aliphatic carbocycles. The van der Waals surface area contributed by atoms with Crippen molar-refractivity contribution in [2.24, 2.45) is 5.10 Å². The van der Waals surface area contributed by atoms with E-state index in [1.807, 2.05) is 30.5 Å². The Labute approximate surface area is 171 Å². The summed E-state index contributed by atoms with van der Waals surface area (Å²) in [4.78, 5) is 0. The topological polar surface area (TPSA) is 55.1 Å². The molecule has 2 aromatic carbocycles. The number of halogens is 1. The van der Waals surface area contributed by atoms with Gasteiger partial charge in [-0.2, -0.15) is 10.2 Å². The highest BCUT2D eigenvalue weighted by Crippen LogP contribution is 2.21. The van der Waals surface area contributed by atoms with Gasteiger partial charge in [0, 0.05) is 37.0 Å². The Morgan fingerprint density at radius 3 is 2.67 bits per heavy atom. The molecular formula is C21H18IN5. The Morgan fingerprint density at radius 2 is 1.85 bits per heavy atom. The molecule has 0 atom stereocenters. The predicted octanol–water partition coefficient (Wildman–Crippen LogP) is 5.09. The van der Waals surface area contributed by atoms with E-state index >= 15 is 0 Å². The van der Waals surface area contributed by atoms with E-state index in [4.69, 9.17) is 0 Å². The lowest BCUT2D eigenvalue weighted by molar-refractivity contribution is 0.964. The molecule has 0 saturated carbocycles. The second-order valence-electron chi connectivity index (χ2n) is 6.29. The normalized spacial score (nSPS) is 11.4. The van der Waals surface area contributed by atoms with Crippen LogP contribution < -0.4 is 5.43 Å². The van der Waals surface area contributed by atoms with Crippen LogP contribution in [0.3, 0.4) is 0 Å². The Morgan fingerprint density at radius 1 is 1.07 bits per heavy atom. The van der Waals surface area contributed by atoms with Gasteiger partial charge in [-0.05, 0) is 66.8 Å². The van der Waals surface area contributed by atoms with Crippen molar-refractivity contribution in [3.05, 3.63) is 81.3 Å². The van der Waals surface area contributed by atoms with E-state index in [2.05, 4.69) is 92.1 Å². The summed E-state index contributed by atoms with van der Waals surface area (Å²) in [6.45, 7) is 4.20. The minimum absolute atomic E-state index is 0.649. The fraction of sp³-hybridized carbons (Fsp3) is 0.0952. The van der Waals surface area contributed by atoms with E-state index in [0.717, 1.165) is 27.7 Å². The third kappa shape index (κ3) is 3.57. The summed E-state index contributed by atoms with van der Waals surface area (Å²) < 4.78 is 3.45. The molecule has 0 aliphatic rings. The van der Waals surface area contributed by atoms with Gasteiger partial charge in [0.25, 0.3) is 0 Å². The molecule has 27 heavy (non-hydrogen) atoms. The van der Waals surface area contributed by atoms with Crippen molar-refractivity contribution in [2.75, 3.05) is 5.43 Å². The summed E-state index contributed by atoms with van der Waals surface area (Å²) in [5.74, 6) is 0.649. The number of nitrogens with one attached hydrogen (secondary N) is 1. The number of hydrogen-bond donors (Lipinski definition) is 1. The van der Waals surface area contributed by atoms with E-state index in [0.29, 0.717) is 5.82 Å². The molecule has 0 fully saturated rings. The predicted molar refractivity (Wildman–Crippen MR) is 119 cm³/mol. The maximum absolute atomic E-state index is 4.39.